The van der Waals surface area contributed by atoms with Crippen molar-refractivity contribution in [2.24, 2.45) is 56.2 Å². The van der Waals surface area contributed by atoms with E-state index in [1.54, 1.807) is 0 Å². The number of nitrogens with zero attached hydrogens (tertiary/aromatic N) is 1. The number of carboxylic acids is 1. The Morgan fingerprint density at radius 1 is 0.973 bits per heavy atom. The van der Waals surface area contributed by atoms with E-state index in [0.717, 1.165) is 44.9 Å². The minimum absolute atomic E-state index is 0.0619. The Kier molecular flexibility index (Phi) is 5.61. The summed E-state index contributed by atoms with van der Waals surface area (Å²) >= 11 is 0. The molecule has 5 aliphatic carbocycles. The lowest BCUT2D eigenvalue weighted by atomic mass is 9.31. The van der Waals surface area contributed by atoms with Gasteiger partial charge in [0.15, 0.2) is 5.78 Å². The maximum atomic E-state index is 14.4. The first-order valence-corrected chi connectivity index (χ1v) is 14.4. The number of carbonyl (C=O) groups excluding carboxylic acids is 2. The number of nitriles is 1. The molecule has 5 nitrogen and oxygen atoms in total. The summed E-state index contributed by atoms with van der Waals surface area (Å²) in [6, 6.07) is 2.19. The topological polar surface area (TPSA) is 95.2 Å². The van der Waals surface area contributed by atoms with Crippen LogP contribution in [0.5, 0.6) is 0 Å². The fraction of sp³-hybridized carbons (Fsp3) is 0.812. The van der Waals surface area contributed by atoms with Gasteiger partial charge in [-0.2, -0.15) is 5.26 Å². The molecular weight excluding hydrogens is 462 g/mol. The van der Waals surface area contributed by atoms with Crippen LogP contribution in [0.15, 0.2) is 11.6 Å². The fourth-order valence-electron chi connectivity index (χ4n) is 11.0. The van der Waals surface area contributed by atoms with Crippen LogP contribution >= 0.6 is 0 Å². The van der Waals surface area contributed by atoms with Gasteiger partial charge in [-0.1, -0.05) is 54.5 Å². The molecule has 0 aromatic rings. The molecule has 4 fully saturated rings. The third-order valence-corrected chi connectivity index (χ3v) is 13.1. The summed E-state index contributed by atoms with van der Waals surface area (Å²) in [5, 5.41) is 19.8. The third kappa shape index (κ3) is 3.36. The van der Waals surface area contributed by atoms with Gasteiger partial charge in [-0.3, -0.25) is 14.4 Å². The fourth-order valence-corrected chi connectivity index (χ4v) is 11.0. The summed E-state index contributed by atoms with van der Waals surface area (Å²) in [5.41, 5.74) is -1.32. The molecule has 0 bridgehead atoms. The first kappa shape index (κ1) is 26.6. The average molecular weight is 508 g/mol. The minimum atomic E-state index is -0.739. The van der Waals surface area contributed by atoms with E-state index in [1.165, 1.54) is 0 Å². The Morgan fingerprint density at radius 2 is 1.62 bits per heavy atom. The standard InChI is InChI=1S/C32H45NO4/c1-27(2)10-12-32(17-24(35)36)13-11-31(7)25(20(32)16-27)21(34)14-23-29(5)15-19(18-33)26(37)28(3,4)22(29)8-9-30(23,31)6/h15,20,22-23,25H,8-14,16-17H2,1-7H3,(H,35,36)/t20-,22+,23?,25+,29+,30-,31-,32-/m1/s1. The molecule has 4 saturated carbocycles. The third-order valence-electron chi connectivity index (χ3n) is 13.1. The van der Waals surface area contributed by atoms with E-state index in [-0.39, 0.29) is 63.1 Å². The maximum absolute atomic E-state index is 14.4. The van der Waals surface area contributed by atoms with Crippen molar-refractivity contribution >= 4 is 17.5 Å². The van der Waals surface area contributed by atoms with Crippen LogP contribution in [0.3, 0.4) is 0 Å². The first-order valence-electron chi connectivity index (χ1n) is 14.4. The molecule has 1 N–H and O–H groups in total. The lowest BCUT2D eigenvalue weighted by molar-refractivity contribution is -0.224. The molecular formula is C32H45NO4. The van der Waals surface area contributed by atoms with Gasteiger partial charge in [0.1, 0.15) is 11.9 Å². The lowest BCUT2D eigenvalue weighted by Gasteiger charge is -2.72. The largest absolute Gasteiger partial charge is 0.481 e. The molecule has 202 valence electrons. The number of carbonyl (C=O) groups is 3. The molecule has 0 aromatic carbocycles. The van der Waals surface area contributed by atoms with Crippen LogP contribution in [-0.4, -0.2) is 22.6 Å². The van der Waals surface area contributed by atoms with E-state index >= 15 is 0 Å². The number of aliphatic carboxylic acids is 1. The number of hydrogen-bond donors (Lipinski definition) is 1. The molecule has 0 saturated heterocycles. The molecule has 0 spiro atoms. The monoisotopic (exact) mass is 507 g/mol. The Labute approximate surface area is 222 Å². The van der Waals surface area contributed by atoms with E-state index in [1.807, 2.05) is 19.9 Å². The second-order valence-corrected chi connectivity index (χ2v) is 15.6. The van der Waals surface area contributed by atoms with E-state index < -0.39 is 16.8 Å². The van der Waals surface area contributed by atoms with Gasteiger partial charge in [0.2, 0.25) is 0 Å². The quantitative estimate of drug-likeness (QED) is 0.445. The molecule has 37 heavy (non-hydrogen) atoms. The number of allylic oxidation sites excluding steroid dienone is 2. The summed E-state index contributed by atoms with van der Waals surface area (Å²) in [7, 11) is 0. The van der Waals surface area contributed by atoms with Crippen LogP contribution in [0.1, 0.15) is 106 Å². The molecule has 5 heteroatoms. The number of fused-ring (bicyclic) bond motifs is 7. The van der Waals surface area contributed by atoms with Crippen molar-refractivity contribution in [3.63, 3.8) is 0 Å². The van der Waals surface area contributed by atoms with Gasteiger partial charge in [0.05, 0.1) is 12.0 Å². The second kappa shape index (κ2) is 7.80. The molecule has 0 amide bonds. The average Bonchev–Trinajstić information content (AvgIpc) is 2.78. The van der Waals surface area contributed by atoms with E-state index in [4.69, 9.17) is 0 Å². The van der Waals surface area contributed by atoms with Crippen LogP contribution in [0.25, 0.3) is 0 Å². The van der Waals surface area contributed by atoms with Crippen molar-refractivity contribution in [3.8, 4) is 6.07 Å². The second-order valence-electron chi connectivity index (χ2n) is 15.6. The van der Waals surface area contributed by atoms with E-state index in [0.29, 0.717) is 12.2 Å². The molecule has 0 heterocycles. The normalized spacial score (nSPS) is 47.9. The minimum Gasteiger partial charge on any atom is -0.481 e. The molecule has 1 unspecified atom stereocenters. The molecule has 0 aliphatic heterocycles. The summed E-state index contributed by atoms with van der Waals surface area (Å²) in [6.07, 6.45) is 9.00. The highest BCUT2D eigenvalue weighted by atomic mass is 16.4. The molecule has 0 radical (unpaired) electrons. The van der Waals surface area contributed by atoms with Crippen LogP contribution in [0, 0.1) is 67.5 Å². The number of hydrogen-bond acceptors (Lipinski definition) is 4. The molecule has 5 aliphatic rings. The van der Waals surface area contributed by atoms with Crippen molar-refractivity contribution < 1.29 is 19.5 Å². The highest BCUT2D eigenvalue weighted by Crippen LogP contribution is 2.76. The first-order chi connectivity index (χ1) is 17.0. The summed E-state index contributed by atoms with van der Waals surface area (Å²) in [5.74, 6) is -0.378. The predicted octanol–water partition coefficient (Wildman–Crippen LogP) is 6.76. The molecule has 0 aromatic heterocycles. The van der Waals surface area contributed by atoms with Gasteiger partial charge in [0, 0.05) is 17.8 Å². The van der Waals surface area contributed by atoms with Crippen LogP contribution in [-0.2, 0) is 14.4 Å². The van der Waals surface area contributed by atoms with Crippen molar-refractivity contribution in [3.05, 3.63) is 11.6 Å². The van der Waals surface area contributed by atoms with Gasteiger partial charge < -0.3 is 5.11 Å². The van der Waals surface area contributed by atoms with Gasteiger partial charge in [-0.05, 0) is 89.8 Å². The van der Waals surface area contributed by atoms with Crippen molar-refractivity contribution in [2.45, 2.75) is 106 Å². The summed E-state index contributed by atoms with van der Waals surface area (Å²) < 4.78 is 0. The van der Waals surface area contributed by atoms with Gasteiger partial charge in [-0.15, -0.1) is 0 Å². The Bertz CT molecular complexity index is 1140. The van der Waals surface area contributed by atoms with Crippen LogP contribution in [0.4, 0.5) is 0 Å². The van der Waals surface area contributed by atoms with Gasteiger partial charge in [0.25, 0.3) is 0 Å². The van der Waals surface area contributed by atoms with Crippen molar-refractivity contribution in [1.29, 1.82) is 5.26 Å². The zero-order valence-corrected chi connectivity index (χ0v) is 23.9. The number of ketones is 2. The number of Topliss-reactive ketones (excluding diaryl/α,β-unsaturated/α-hetero) is 2. The Hall–Kier alpha value is -1.96. The van der Waals surface area contributed by atoms with Gasteiger partial charge >= 0.3 is 5.97 Å². The zero-order valence-electron chi connectivity index (χ0n) is 23.9. The zero-order chi connectivity index (χ0) is 27.4. The Balaban J connectivity index is 1.63. The van der Waals surface area contributed by atoms with E-state index in [9.17, 15) is 24.8 Å². The van der Waals surface area contributed by atoms with E-state index in [2.05, 4.69) is 40.7 Å². The SMILES string of the molecule is CC1(C)CC[C@]2(CC(=O)O)CC[C@]3(C)[C@H](C(=O)CC4[C@@]5(C)C=C(C#N)C(=O)C(C)(C)[C@@H]5CC[C@]43C)[C@H]2C1. The highest BCUT2D eigenvalue weighted by molar-refractivity contribution is 6.04. The highest BCUT2D eigenvalue weighted by Gasteiger charge is 2.72. The summed E-state index contributed by atoms with van der Waals surface area (Å²) in [4.78, 5) is 39.7. The predicted molar refractivity (Wildman–Crippen MR) is 141 cm³/mol. The number of rotatable bonds is 2. The smallest absolute Gasteiger partial charge is 0.303 e. The number of carboxylic acid groups (broad SMARTS) is 1. The maximum Gasteiger partial charge on any atom is 0.303 e. The Morgan fingerprint density at radius 3 is 2.24 bits per heavy atom. The summed E-state index contributed by atoms with van der Waals surface area (Å²) in [6.45, 7) is 15.5. The van der Waals surface area contributed by atoms with Crippen LogP contribution < -0.4 is 0 Å². The lowest BCUT2D eigenvalue weighted by Crippen LogP contribution is -2.68. The molecule has 5 rings (SSSR count). The molecule has 8 atom stereocenters. The van der Waals surface area contributed by atoms with Gasteiger partial charge in [-0.25, -0.2) is 0 Å². The van der Waals surface area contributed by atoms with Crippen LogP contribution in [0.2, 0.25) is 0 Å². The van der Waals surface area contributed by atoms with Crippen molar-refractivity contribution in [1.82, 2.24) is 0 Å². The van der Waals surface area contributed by atoms with Crippen molar-refractivity contribution in [2.75, 3.05) is 0 Å².